The Morgan fingerprint density at radius 3 is 2.85 bits per heavy atom. The summed E-state index contributed by atoms with van der Waals surface area (Å²) in [6.45, 7) is 2.50. The van der Waals surface area contributed by atoms with Crippen molar-refractivity contribution in [2.45, 2.75) is 38.1 Å². The number of halogens is 1. The molecule has 26 heavy (non-hydrogen) atoms. The Hall–Kier alpha value is -1.87. The number of hydrogen-bond acceptors (Lipinski definition) is 5. The molecule has 1 aromatic carbocycles. The van der Waals surface area contributed by atoms with E-state index < -0.39 is 22.2 Å². The largest absolute Gasteiger partial charge is 0.448 e. The molecule has 2 aliphatic heterocycles. The van der Waals surface area contributed by atoms with Crippen LogP contribution in [0.4, 0.5) is 9.18 Å². The van der Waals surface area contributed by atoms with E-state index in [1.807, 2.05) is 0 Å². The van der Waals surface area contributed by atoms with Crippen molar-refractivity contribution >= 4 is 16.4 Å². The molecule has 2 saturated heterocycles. The number of hydrogen-bond donors (Lipinski definition) is 2. The number of amides is 1. The molecule has 2 heterocycles. The van der Waals surface area contributed by atoms with E-state index in [1.165, 1.54) is 25.0 Å². The molecule has 1 aromatic rings. The number of nitrogens with one attached hydrogen (secondary N) is 2. The lowest BCUT2D eigenvalue weighted by atomic mass is 9.84. The van der Waals surface area contributed by atoms with Crippen molar-refractivity contribution < 1.29 is 31.4 Å². The molecule has 2 N–H and O–H groups in total. The van der Waals surface area contributed by atoms with Crippen LogP contribution >= 0.6 is 0 Å². The van der Waals surface area contributed by atoms with Gasteiger partial charge in [-0.2, -0.15) is 13.1 Å². The van der Waals surface area contributed by atoms with E-state index in [4.69, 9.17) is 4.74 Å². The number of quaternary nitrogens is 1. The highest BCUT2D eigenvalue weighted by Gasteiger charge is 2.37. The molecule has 3 atom stereocenters. The van der Waals surface area contributed by atoms with Crippen LogP contribution in [-0.4, -0.2) is 40.2 Å². The third-order valence-corrected chi connectivity index (χ3v) is 5.90. The molecule has 1 unspecified atom stereocenters. The van der Waals surface area contributed by atoms with Crippen LogP contribution in [0, 0.1) is 11.7 Å². The molecule has 144 valence electrons. The fourth-order valence-corrected chi connectivity index (χ4v) is 4.62. The third-order valence-electron chi connectivity index (χ3n) is 5.07. The molecular weight excluding hydrogens is 363 g/mol. The zero-order valence-electron chi connectivity index (χ0n) is 14.4. The molecule has 0 aromatic heterocycles. The molecule has 0 bridgehead atoms. The van der Waals surface area contributed by atoms with Gasteiger partial charge in [-0.25, -0.2) is 9.18 Å². The zero-order valence-corrected chi connectivity index (χ0v) is 15.3. The van der Waals surface area contributed by atoms with Crippen molar-refractivity contribution in [1.29, 1.82) is 0 Å². The van der Waals surface area contributed by atoms with E-state index in [9.17, 15) is 17.6 Å². The fraction of sp³-hybridized carbons (Fsp3) is 0.588. The number of carbonyl (C=O) groups excluding carboxylic acids is 1. The number of fused-ring (bicyclic) bond motifs is 1. The molecule has 0 saturated carbocycles. The summed E-state index contributed by atoms with van der Waals surface area (Å²) in [7, 11) is -4.42. The summed E-state index contributed by atoms with van der Waals surface area (Å²) < 4.78 is 48.2. The van der Waals surface area contributed by atoms with Crippen LogP contribution in [0.2, 0.25) is 0 Å². The Labute approximate surface area is 152 Å². The fourth-order valence-electron chi connectivity index (χ4n) is 3.96. The Bertz CT molecular complexity index is 740. The topological polar surface area (TPSA) is 86.1 Å². The molecular formula is C17H24FN2O5S+. The monoisotopic (exact) mass is 387 g/mol. The van der Waals surface area contributed by atoms with E-state index in [2.05, 4.69) is 4.18 Å². The summed E-state index contributed by atoms with van der Waals surface area (Å²) in [5.74, 6) is -0.618. The van der Waals surface area contributed by atoms with Gasteiger partial charge in [-0.05, 0) is 44.2 Å². The highest BCUT2D eigenvalue weighted by atomic mass is 32.2. The normalized spacial score (nSPS) is 25.8. The number of piperidine rings is 2. The Balaban J connectivity index is 1.50. The summed E-state index contributed by atoms with van der Waals surface area (Å²) in [6, 6.07) is 5.12. The molecule has 3 rings (SSSR count). The standard InChI is InChI=1S/C17H23FN2O5S/c18-14-6-3-7-15(11-14)25-26(22,23)19-17(21)24-12-13-5-4-10-20-9-2-1-8-16(13)20/h3,6-7,11,13,16H,1-2,4-5,8-10,12H2,(H,19,21)/p+1/t13-,16-/m0/s1. The van der Waals surface area contributed by atoms with Crippen molar-refractivity contribution in [1.82, 2.24) is 4.72 Å². The van der Waals surface area contributed by atoms with Crippen molar-refractivity contribution in [3.05, 3.63) is 30.1 Å². The minimum atomic E-state index is -4.42. The average Bonchev–Trinajstić information content (AvgIpc) is 2.59. The molecule has 9 heteroatoms. The number of ether oxygens (including phenoxy) is 1. The van der Waals surface area contributed by atoms with Gasteiger partial charge in [0, 0.05) is 12.0 Å². The predicted molar refractivity (Wildman–Crippen MR) is 91.5 cm³/mol. The van der Waals surface area contributed by atoms with E-state index in [1.54, 1.807) is 9.62 Å². The van der Waals surface area contributed by atoms with Crippen LogP contribution < -0.4 is 13.8 Å². The lowest BCUT2D eigenvalue weighted by Crippen LogP contribution is -3.18. The summed E-state index contributed by atoms with van der Waals surface area (Å²) in [6.07, 6.45) is 4.52. The van der Waals surface area contributed by atoms with Crippen molar-refractivity contribution in [2.24, 2.45) is 5.92 Å². The highest BCUT2D eigenvalue weighted by Crippen LogP contribution is 2.20. The van der Waals surface area contributed by atoms with Gasteiger partial charge in [0.15, 0.2) is 0 Å². The van der Waals surface area contributed by atoms with Crippen LogP contribution in [0.3, 0.4) is 0 Å². The summed E-state index contributed by atoms with van der Waals surface area (Å²) in [5, 5.41) is 0. The summed E-state index contributed by atoms with van der Waals surface area (Å²) >= 11 is 0. The van der Waals surface area contributed by atoms with E-state index in [0.717, 1.165) is 44.5 Å². The zero-order chi connectivity index (χ0) is 18.6. The SMILES string of the molecule is O=C(NS(=O)(=O)Oc1cccc(F)c1)OC[C@@H]1CCC[NH+]2CCCC[C@@H]12. The Morgan fingerprint density at radius 1 is 1.23 bits per heavy atom. The highest BCUT2D eigenvalue weighted by molar-refractivity contribution is 7.85. The smallest absolute Gasteiger partial charge is 0.423 e. The van der Waals surface area contributed by atoms with Crippen LogP contribution in [0.5, 0.6) is 5.75 Å². The quantitative estimate of drug-likeness (QED) is 0.788. The van der Waals surface area contributed by atoms with Crippen LogP contribution in [0.15, 0.2) is 24.3 Å². The Kier molecular flexibility index (Phi) is 5.98. The lowest BCUT2D eigenvalue weighted by Gasteiger charge is -2.40. The second-order valence-corrected chi connectivity index (χ2v) is 8.14. The van der Waals surface area contributed by atoms with Gasteiger partial charge in [-0.1, -0.05) is 6.07 Å². The van der Waals surface area contributed by atoms with Crippen LogP contribution in [0.25, 0.3) is 0 Å². The first-order valence-corrected chi connectivity index (χ1v) is 10.3. The van der Waals surface area contributed by atoms with Crippen molar-refractivity contribution in [2.75, 3.05) is 19.7 Å². The molecule has 2 aliphatic rings. The maximum Gasteiger partial charge on any atom is 0.423 e. The minimum absolute atomic E-state index is 0.190. The average molecular weight is 387 g/mol. The Morgan fingerprint density at radius 2 is 2.04 bits per heavy atom. The first kappa shape index (κ1) is 18.9. The molecule has 0 aliphatic carbocycles. The second kappa shape index (κ2) is 8.22. The minimum Gasteiger partial charge on any atom is -0.448 e. The van der Waals surface area contributed by atoms with Gasteiger partial charge in [0.2, 0.25) is 0 Å². The van der Waals surface area contributed by atoms with Gasteiger partial charge in [-0.15, -0.1) is 0 Å². The molecule has 7 nitrogen and oxygen atoms in total. The maximum absolute atomic E-state index is 13.1. The number of rotatable bonds is 5. The first-order chi connectivity index (χ1) is 12.4. The third kappa shape index (κ3) is 5.07. The first-order valence-electron chi connectivity index (χ1n) is 8.92. The van der Waals surface area contributed by atoms with Gasteiger partial charge in [0.05, 0.1) is 19.1 Å². The van der Waals surface area contributed by atoms with Gasteiger partial charge >= 0.3 is 16.4 Å². The van der Waals surface area contributed by atoms with Gasteiger partial charge < -0.3 is 13.8 Å². The number of carbonyl (C=O) groups is 1. The van der Waals surface area contributed by atoms with E-state index >= 15 is 0 Å². The van der Waals surface area contributed by atoms with Crippen molar-refractivity contribution in [3.8, 4) is 5.75 Å². The molecule has 0 spiro atoms. The van der Waals surface area contributed by atoms with Gasteiger partial charge in [-0.3, -0.25) is 0 Å². The van der Waals surface area contributed by atoms with Gasteiger partial charge in [0.25, 0.3) is 0 Å². The molecule has 0 radical (unpaired) electrons. The van der Waals surface area contributed by atoms with E-state index in [0.29, 0.717) is 6.04 Å². The van der Waals surface area contributed by atoms with E-state index in [-0.39, 0.29) is 18.3 Å². The maximum atomic E-state index is 13.1. The van der Waals surface area contributed by atoms with Crippen LogP contribution in [0.1, 0.15) is 32.1 Å². The van der Waals surface area contributed by atoms with Crippen molar-refractivity contribution in [3.63, 3.8) is 0 Å². The number of benzene rings is 1. The van der Waals surface area contributed by atoms with Gasteiger partial charge in [0.1, 0.15) is 18.2 Å². The second-order valence-electron chi connectivity index (χ2n) is 6.86. The molecule has 2 fully saturated rings. The summed E-state index contributed by atoms with van der Waals surface area (Å²) in [5.41, 5.74) is 0. The van der Waals surface area contributed by atoms with Crippen LogP contribution in [-0.2, 0) is 15.0 Å². The molecule has 1 amide bonds. The lowest BCUT2D eigenvalue weighted by molar-refractivity contribution is -0.940. The predicted octanol–water partition coefficient (Wildman–Crippen LogP) is 1.02. The summed E-state index contributed by atoms with van der Waals surface area (Å²) in [4.78, 5) is 13.4.